The number of hydrogen-bond donors (Lipinski definition) is 0. The topological polar surface area (TPSA) is 12.5 Å². The third-order valence-corrected chi connectivity index (χ3v) is 7.75. The summed E-state index contributed by atoms with van der Waals surface area (Å²) in [5, 5.41) is 2.56. The van der Waals surface area contributed by atoms with Crippen LogP contribution < -0.4 is 5.46 Å². The fourth-order valence-corrected chi connectivity index (χ4v) is 6.60. The van der Waals surface area contributed by atoms with Gasteiger partial charge in [0.05, 0.1) is 0 Å². The number of nitrogens with zero attached hydrogens (tertiary/aromatic N) is 1. The Morgan fingerprint density at radius 3 is 2.00 bits per heavy atom. The molecule has 2 aliphatic rings. The molecule has 2 saturated heterocycles. The van der Waals surface area contributed by atoms with Crippen molar-refractivity contribution < 1.29 is 4.65 Å². The van der Waals surface area contributed by atoms with Crippen LogP contribution in [0.4, 0.5) is 0 Å². The predicted molar refractivity (Wildman–Crippen MR) is 143 cm³/mol. The summed E-state index contributed by atoms with van der Waals surface area (Å²) in [7, 11) is -0.0692. The molecule has 0 radical (unpaired) electrons. The summed E-state index contributed by atoms with van der Waals surface area (Å²) in [5.74, 6) is 0. The van der Waals surface area contributed by atoms with E-state index in [-0.39, 0.29) is 7.05 Å². The summed E-state index contributed by atoms with van der Waals surface area (Å²) in [6.07, 6.45) is 2.34. The highest BCUT2D eigenvalue weighted by molar-refractivity contribution is 6.68. The smallest absolute Gasteiger partial charge is 0.402 e. The second-order valence-corrected chi connectivity index (χ2v) is 10.4. The van der Waals surface area contributed by atoms with Crippen LogP contribution in [0.3, 0.4) is 0 Å². The highest BCUT2D eigenvalue weighted by Crippen LogP contribution is 2.49. The Balaban J connectivity index is 1.61. The number of aryl methyl sites for hydroxylation is 4. The molecule has 0 unspecified atom stereocenters. The summed E-state index contributed by atoms with van der Waals surface area (Å²) in [5.41, 5.74) is 8.53. The summed E-state index contributed by atoms with van der Waals surface area (Å²) in [6.45, 7) is 9.88. The zero-order valence-electron chi connectivity index (χ0n) is 20.6. The molecule has 1 atom stereocenters. The van der Waals surface area contributed by atoms with Gasteiger partial charge in [-0.05, 0) is 74.4 Å². The minimum atomic E-state index is -0.494. The number of fused-ring (bicyclic) bond motifs is 2. The van der Waals surface area contributed by atoms with Crippen molar-refractivity contribution in [3.8, 4) is 0 Å². The van der Waals surface area contributed by atoms with Crippen molar-refractivity contribution in [2.75, 3.05) is 6.54 Å². The molecule has 0 amide bonds. The number of benzene rings is 4. The Hall–Kier alpha value is -2.88. The van der Waals surface area contributed by atoms with Crippen LogP contribution in [0.2, 0.25) is 0 Å². The Bertz CT molecular complexity index is 1300. The lowest BCUT2D eigenvalue weighted by Crippen LogP contribution is -2.46. The van der Waals surface area contributed by atoms with Crippen molar-refractivity contribution in [3.05, 3.63) is 112 Å². The molecule has 0 bridgehead atoms. The SMILES string of the molecule is Cc1cc(C)cc(C2(c3cc(C)cc(C)c3)OB(c3cccc4ccccc34)N3CCC[C@@H]32)c1. The van der Waals surface area contributed by atoms with Crippen LogP contribution in [0.5, 0.6) is 0 Å². The minimum Gasteiger partial charge on any atom is -0.402 e. The van der Waals surface area contributed by atoms with E-state index < -0.39 is 5.60 Å². The average molecular weight is 445 g/mol. The first-order chi connectivity index (χ1) is 16.5. The van der Waals surface area contributed by atoms with Crippen LogP contribution in [-0.2, 0) is 10.3 Å². The summed E-state index contributed by atoms with van der Waals surface area (Å²) in [4.78, 5) is 2.64. The van der Waals surface area contributed by atoms with Gasteiger partial charge in [-0.2, -0.15) is 0 Å². The molecular formula is C31H32BNO. The van der Waals surface area contributed by atoms with E-state index in [0.29, 0.717) is 6.04 Å². The van der Waals surface area contributed by atoms with Gasteiger partial charge < -0.3 is 9.47 Å². The largest absolute Gasteiger partial charge is 0.420 e. The summed E-state index contributed by atoms with van der Waals surface area (Å²) < 4.78 is 7.43. The standard InChI is InChI=1S/C31H32BNO/c1-21-15-22(2)18-26(17-21)31(27-19-23(3)16-24(4)20-27)30-13-8-14-33(30)32(34-31)29-12-7-10-25-9-5-6-11-28(25)29/h5-7,9-12,15-20,30H,8,13-14H2,1-4H3/t30-/m1/s1. The Labute approximate surface area is 203 Å². The van der Waals surface area contributed by atoms with Crippen molar-refractivity contribution >= 4 is 23.3 Å². The highest BCUT2D eigenvalue weighted by Gasteiger charge is 2.59. The maximum absolute atomic E-state index is 7.43. The van der Waals surface area contributed by atoms with Crippen molar-refractivity contribution in [2.45, 2.75) is 52.2 Å². The van der Waals surface area contributed by atoms with Gasteiger partial charge in [-0.25, -0.2) is 0 Å². The van der Waals surface area contributed by atoms with E-state index in [2.05, 4.69) is 111 Å². The Kier molecular flexibility index (Phi) is 5.16. The molecule has 0 saturated carbocycles. The molecule has 2 aliphatic heterocycles. The van der Waals surface area contributed by atoms with E-state index >= 15 is 0 Å². The van der Waals surface area contributed by atoms with E-state index in [9.17, 15) is 0 Å². The van der Waals surface area contributed by atoms with Crippen LogP contribution >= 0.6 is 0 Å². The first-order valence-electron chi connectivity index (χ1n) is 12.5. The molecule has 4 aromatic carbocycles. The Morgan fingerprint density at radius 1 is 0.765 bits per heavy atom. The Morgan fingerprint density at radius 2 is 1.35 bits per heavy atom. The zero-order chi connectivity index (χ0) is 23.4. The summed E-state index contributed by atoms with van der Waals surface area (Å²) >= 11 is 0. The zero-order valence-corrected chi connectivity index (χ0v) is 20.6. The quantitative estimate of drug-likeness (QED) is 0.348. The molecule has 6 rings (SSSR count). The van der Waals surface area contributed by atoms with E-state index in [1.165, 1.54) is 56.0 Å². The van der Waals surface area contributed by atoms with Gasteiger partial charge in [-0.3, -0.25) is 0 Å². The lowest BCUT2D eigenvalue weighted by Gasteiger charge is -2.37. The fourth-order valence-electron chi connectivity index (χ4n) is 6.60. The first-order valence-corrected chi connectivity index (χ1v) is 12.5. The fraction of sp³-hybridized carbons (Fsp3) is 0.290. The van der Waals surface area contributed by atoms with E-state index in [0.717, 1.165) is 13.0 Å². The van der Waals surface area contributed by atoms with Gasteiger partial charge in [0.15, 0.2) is 0 Å². The van der Waals surface area contributed by atoms with Crippen LogP contribution in [0, 0.1) is 27.7 Å². The summed E-state index contributed by atoms with van der Waals surface area (Å²) in [6, 6.07) is 29.6. The van der Waals surface area contributed by atoms with E-state index in [1.807, 2.05) is 0 Å². The first kappa shape index (κ1) is 21.6. The van der Waals surface area contributed by atoms with Crippen LogP contribution in [0.1, 0.15) is 46.2 Å². The normalized spacial score (nSPS) is 19.6. The molecule has 3 heteroatoms. The van der Waals surface area contributed by atoms with Crippen LogP contribution in [-0.4, -0.2) is 24.4 Å². The van der Waals surface area contributed by atoms with Crippen molar-refractivity contribution in [3.63, 3.8) is 0 Å². The van der Waals surface area contributed by atoms with Crippen molar-refractivity contribution in [1.29, 1.82) is 0 Å². The van der Waals surface area contributed by atoms with Gasteiger partial charge in [0.2, 0.25) is 0 Å². The second kappa shape index (κ2) is 8.11. The van der Waals surface area contributed by atoms with Gasteiger partial charge in [-0.1, -0.05) is 101 Å². The lowest BCUT2D eigenvalue weighted by atomic mass is 9.70. The van der Waals surface area contributed by atoms with Gasteiger partial charge in [0.1, 0.15) is 5.60 Å². The number of rotatable bonds is 3. The van der Waals surface area contributed by atoms with E-state index in [4.69, 9.17) is 4.65 Å². The second-order valence-electron chi connectivity index (χ2n) is 10.4. The van der Waals surface area contributed by atoms with Crippen LogP contribution in [0.25, 0.3) is 10.8 Å². The third-order valence-electron chi connectivity index (χ3n) is 7.75. The van der Waals surface area contributed by atoms with E-state index in [1.54, 1.807) is 0 Å². The maximum Gasteiger partial charge on any atom is 0.420 e. The minimum absolute atomic E-state index is 0.0692. The molecule has 170 valence electrons. The molecule has 0 spiro atoms. The molecule has 4 aromatic rings. The third kappa shape index (κ3) is 3.33. The molecule has 2 heterocycles. The molecule has 34 heavy (non-hydrogen) atoms. The maximum atomic E-state index is 7.43. The molecule has 2 nitrogen and oxygen atoms in total. The molecule has 0 aromatic heterocycles. The molecule has 0 aliphatic carbocycles. The number of hydrogen-bond acceptors (Lipinski definition) is 2. The van der Waals surface area contributed by atoms with Crippen molar-refractivity contribution in [1.82, 2.24) is 4.81 Å². The lowest BCUT2D eigenvalue weighted by molar-refractivity contribution is 0.106. The van der Waals surface area contributed by atoms with Crippen molar-refractivity contribution in [2.24, 2.45) is 0 Å². The molecule has 2 fully saturated rings. The molecule has 0 N–H and O–H groups in total. The van der Waals surface area contributed by atoms with Gasteiger partial charge in [0.25, 0.3) is 0 Å². The monoisotopic (exact) mass is 445 g/mol. The van der Waals surface area contributed by atoms with Crippen LogP contribution in [0.15, 0.2) is 78.9 Å². The average Bonchev–Trinajstić information content (AvgIpc) is 3.40. The van der Waals surface area contributed by atoms with Gasteiger partial charge in [0, 0.05) is 6.04 Å². The highest BCUT2D eigenvalue weighted by atomic mass is 16.5. The van der Waals surface area contributed by atoms with Gasteiger partial charge in [-0.15, -0.1) is 0 Å². The molecular weight excluding hydrogens is 413 g/mol. The van der Waals surface area contributed by atoms with Gasteiger partial charge >= 0.3 is 7.05 Å². The predicted octanol–water partition coefficient (Wildman–Crippen LogP) is 6.21.